The summed E-state index contributed by atoms with van der Waals surface area (Å²) in [6.45, 7) is 3.62. The molecule has 1 aliphatic heterocycles. The van der Waals surface area contributed by atoms with Gasteiger partial charge in [0.05, 0.1) is 30.1 Å². The molecule has 2 heterocycles. The Kier molecular flexibility index (Phi) is 5.44. The molecule has 0 radical (unpaired) electrons. The molecule has 156 valence electrons. The fourth-order valence-corrected chi connectivity index (χ4v) is 4.71. The van der Waals surface area contributed by atoms with Gasteiger partial charge in [-0.25, -0.2) is 13.4 Å². The van der Waals surface area contributed by atoms with Crippen molar-refractivity contribution in [3.8, 4) is 5.75 Å². The second-order valence-electron chi connectivity index (χ2n) is 7.13. The van der Waals surface area contributed by atoms with Gasteiger partial charge < -0.3 is 10.2 Å². The van der Waals surface area contributed by atoms with Gasteiger partial charge in [0, 0.05) is 17.0 Å². The van der Waals surface area contributed by atoms with E-state index in [-0.39, 0.29) is 10.9 Å². The van der Waals surface area contributed by atoms with Crippen LogP contribution in [-0.4, -0.2) is 30.7 Å². The van der Waals surface area contributed by atoms with Crippen LogP contribution in [0.3, 0.4) is 0 Å². The molecule has 0 fully saturated rings. The zero-order chi connectivity index (χ0) is 21.5. The van der Waals surface area contributed by atoms with Crippen LogP contribution in [0.5, 0.6) is 5.75 Å². The number of hydrogen-bond acceptors (Lipinski definition) is 5. The van der Waals surface area contributed by atoms with Crippen molar-refractivity contribution in [2.75, 3.05) is 12.9 Å². The van der Waals surface area contributed by atoms with Crippen LogP contribution in [0.4, 0.5) is 0 Å². The van der Waals surface area contributed by atoms with Crippen LogP contribution in [0.1, 0.15) is 29.7 Å². The third-order valence-corrected chi connectivity index (χ3v) is 7.11. The molecule has 2 aromatic carbocycles. The molecular weight excluding hydrogens is 422 g/mol. The van der Waals surface area contributed by atoms with E-state index in [2.05, 4.69) is 10.4 Å². The van der Waals surface area contributed by atoms with Crippen LogP contribution in [0.25, 0.3) is 16.6 Å². The molecule has 0 aliphatic carbocycles. The van der Waals surface area contributed by atoms with Crippen molar-refractivity contribution < 1.29 is 13.2 Å². The minimum Gasteiger partial charge on any atom is -0.497 e. The van der Waals surface area contributed by atoms with Crippen molar-refractivity contribution in [2.45, 2.75) is 19.9 Å². The van der Waals surface area contributed by atoms with Gasteiger partial charge >= 0.3 is 0 Å². The van der Waals surface area contributed by atoms with Crippen molar-refractivity contribution in [2.24, 2.45) is 0 Å². The highest BCUT2D eigenvalue weighted by molar-refractivity contribution is 7.89. The largest absolute Gasteiger partial charge is 0.497 e. The van der Waals surface area contributed by atoms with Crippen molar-refractivity contribution in [1.29, 1.82) is 0 Å². The number of rotatable bonds is 5. The SMILES string of the molecule is CCS(=O)(=O)N1NC(c2ccc(C)cc2)=C[C@@H]1c1cc2ccc(OC)cc2nc1Cl. The van der Waals surface area contributed by atoms with Crippen LogP contribution in [0.2, 0.25) is 5.15 Å². The van der Waals surface area contributed by atoms with Crippen molar-refractivity contribution in [1.82, 2.24) is 14.8 Å². The third-order valence-electron chi connectivity index (χ3n) is 5.16. The standard InChI is InChI=1S/C22H22ClN3O3S/c1-4-30(27,28)26-21(13-20(25-26)15-7-5-14(2)6-8-15)18-11-16-9-10-17(29-3)12-19(16)24-22(18)23/h5-13,21,25H,4H2,1-3H3/t21-/m1/s1. The Hall–Kier alpha value is -2.61. The van der Waals surface area contributed by atoms with E-state index in [4.69, 9.17) is 16.3 Å². The number of halogens is 1. The molecule has 1 aromatic heterocycles. The zero-order valence-corrected chi connectivity index (χ0v) is 18.5. The molecule has 30 heavy (non-hydrogen) atoms. The zero-order valence-electron chi connectivity index (χ0n) is 16.9. The van der Waals surface area contributed by atoms with Gasteiger partial charge in [0.2, 0.25) is 10.0 Å². The Morgan fingerprint density at radius 3 is 2.57 bits per heavy atom. The van der Waals surface area contributed by atoms with E-state index in [0.717, 1.165) is 16.5 Å². The fraction of sp³-hybridized carbons (Fsp3) is 0.227. The first kappa shape index (κ1) is 20.7. The summed E-state index contributed by atoms with van der Waals surface area (Å²) in [6.07, 6.45) is 1.87. The number of hydrogen-bond donors (Lipinski definition) is 1. The molecule has 0 bridgehead atoms. The van der Waals surface area contributed by atoms with Gasteiger partial charge in [-0.2, -0.15) is 0 Å². The first-order chi connectivity index (χ1) is 14.3. The van der Waals surface area contributed by atoms with E-state index in [1.54, 1.807) is 20.1 Å². The fourth-order valence-electron chi connectivity index (χ4n) is 3.42. The Labute approximate surface area is 181 Å². The van der Waals surface area contributed by atoms with E-state index in [1.807, 2.05) is 55.5 Å². The molecule has 6 nitrogen and oxygen atoms in total. The van der Waals surface area contributed by atoms with Gasteiger partial charge in [0.1, 0.15) is 10.9 Å². The Morgan fingerprint density at radius 2 is 1.90 bits per heavy atom. The number of aromatic nitrogens is 1. The average molecular weight is 444 g/mol. The van der Waals surface area contributed by atoms with Gasteiger partial charge in [0.15, 0.2) is 0 Å². The van der Waals surface area contributed by atoms with Crippen molar-refractivity contribution >= 4 is 38.2 Å². The molecule has 0 saturated carbocycles. The van der Waals surface area contributed by atoms with Gasteiger partial charge in [-0.3, -0.25) is 0 Å². The number of aryl methyl sites for hydroxylation is 1. The highest BCUT2D eigenvalue weighted by atomic mass is 35.5. The van der Waals surface area contributed by atoms with E-state index in [1.165, 1.54) is 4.41 Å². The number of ether oxygens (including phenoxy) is 1. The number of nitrogens with one attached hydrogen (secondary N) is 1. The van der Waals surface area contributed by atoms with E-state index < -0.39 is 16.1 Å². The summed E-state index contributed by atoms with van der Waals surface area (Å²) in [5.74, 6) is 0.638. The number of pyridine rings is 1. The van der Waals surface area contributed by atoms with Gasteiger partial charge in [-0.05, 0) is 43.7 Å². The van der Waals surface area contributed by atoms with Gasteiger partial charge in [-0.1, -0.05) is 41.4 Å². The first-order valence-electron chi connectivity index (χ1n) is 9.54. The highest BCUT2D eigenvalue weighted by Crippen LogP contribution is 2.37. The monoisotopic (exact) mass is 443 g/mol. The molecule has 0 unspecified atom stereocenters. The summed E-state index contributed by atoms with van der Waals surface area (Å²) in [5.41, 5.74) is 7.09. The van der Waals surface area contributed by atoms with Crippen molar-refractivity contribution in [3.63, 3.8) is 0 Å². The smallest absolute Gasteiger partial charge is 0.231 e. The topological polar surface area (TPSA) is 71.5 Å². The van der Waals surface area contributed by atoms with Crippen molar-refractivity contribution in [3.05, 3.63) is 76.5 Å². The number of nitrogens with zero attached hydrogens (tertiary/aromatic N) is 2. The first-order valence-corrected chi connectivity index (χ1v) is 11.5. The quantitative estimate of drug-likeness (QED) is 0.589. The Morgan fingerprint density at radius 1 is 1.17 bits per heavy atom. The van der Waals surface area contributed by atoms with E-state index in [0.29, 0.717) is 22.5 Å². The number of methoxy groups -OCH3 is 1. The summed E-state index contributed by atoms with van der Waals surface area (Å²) in [4.78, 5) is 4.49. The maximum absolute atomic E-state index is 12.8. The molecule has 1 atom stereocenters. The molecule has 0 saturated heterocycles. The number of sulfonamides is 1. The van der Waals surface area contributed by atoms with Gasteiger partial charge in [-0.15, -0.1) is 4.41 Å². The second kappa shape index (κ2) is 7.91. The predicted molar refractivity (Wildman–Crippen MR) is 120 cm³/mol. The summed E-state index contributed by atoms with van der Waals surface area (Å²) in [7, 11) is -1.97. The predicted octanol–water partition coefficient (Wildman–Crippen LogP) is 4.46. The summed E-state index contributed by atoms with van der Waals surface area (Å²) < 4.78 is 32.2. The minimum absolute atomic E-state index is 0.0403. The molecule has 8 heteroatoms. The van der Waals surface area contributed by atoms with Crippen LogP contribution in [-0.2, 0) is 10.0 Å². The number of benzene rings is 2. The van der Waals surface area contributed by atoms with Crippen LogP contribution in [0.15, 0.2) is 54.6 Å². The molecule has 1 N–H and O–H groups in total. The molecule has 0 amide bonds. The molecule has 1 aliphatic rings. The Balaban J connectivity index is 1.84. The second-order valence-corrected chi connectivity index (χ2v) is 9.62. The van der Waals surface area contributed by atoms with E-state index in [9.17, 15) is 8.42 Å². The lowest BCUT2D eigenvalue weighted by atomic mass is 10.0. The molecular formula is C22H22ClN3O3S. The van der Waals surface area contributed by atoms with Gasteiger partial charge in [0.25, 0.3) is 0 Å². The summed E-state index contributed by atoms with van der Waals surface area (Å²) in [5, 5.41) is 1.10. The number of fused-ring (bicyclic) bond motifs is 1. The average Bonchev–Trinajstić information content (AvgIpc) is 3.19. The van der Waals surface area contributed by atoms with E-state index >= 15 is 0 Å². The minimum atomic E-state index is -3.56. The maximum atomic E-state index is 12.8. The molecule has 3 aromatic rings. The summed E-state index contributed by atoms with van der Waals surface area (Å²) >= 11 is 6.52. The molecule has 4 rings (SSSR count). The Bertz CT molecular complexity index is 1240. The van der Waals surface area contributed by atoms with Crippen LogP contribution < -0.4 is 10.2 Å². The molecule has 0 spiro atoms. The highest BCUT2D eigenvalue weighted by Gasteiger charge is 2.36. The summed E-state index contributed by atoms with van der Waals surface area (Å²) in [6, 6.07) is 14.7. The number of hydrazine groups is 1. The lowest BCUT2D eigenvalue weighted by Crippen LogP contribution is -2.40. The normalized spacial score (nSPS) is 17.1. The maximum Gasteiger partial charge on any atom is 0.231 e. The third kappa shape index (κ3) is 3.76. The lowest BCUT2D eigenvalue weighted by Gasteiger charge is -2.24. The van der Waals surface area contributed by atoms with Crippen LogP contribution in [0, 0.1) is 6.92 Å². The lowest BCUT2D eigenvalue weighted by molar-refractivity contribution is 0.348. The van der Waals surface area contributed by atoms with Crippen LogP contribution >= 0.6 is 11.6 Å².